The average Bonchev–Trinajstić information content (AvgIpc) is 3.29. The van der Waals surface area contributed by atoms with Crippen LogP contribution in [0.25, 0.3) is 0 Å². The van der Waals surface area contributed by atoms with Crippen LogP contribution >= 0.6 is 0 Å². The monoisotopic (exact) mass is 462 g/mol. The molecule has 35 heavy (non-hydrogen) atoms. The van der Waals surface area contributed by atoms with Crippen LogP contribution in [0.1, 0.15) is 35.6 Å². The van der Waals surface area contributed by atoms with Crippen molar-refractivity contribution in [3.63, 3.8) is 0 Å². The van der Waals surface area contributed by atoms with E-state index in [-0.39, 0.29) is 12.2 Å². The number of nitrogens with zero attached hydrogens (tertiary/aromatic N) is 1. The molecule has 4 aromatic carbocycles. The van der Waals surface area contributed by atoms with E-state index in [1.807, 2.05) is 37.3 Å². The fourth-order valence-corrected chi connectivity index (χ4v) is 4.88. The number of carbonyl (C=O) groups excluding carboxylic acids is 1. The van der Waals surface area contributed by atoms with Gasteiger partial charge in [0.15, 0.2) is 0 Å². The molecule has 5 rings (SSSR count). The summed E-state index contributed by atoms with van der Waals surface area (Å²) in [4.78, 5) is 14.3. The van der Waals surface area contributed by atoms with Gasteiger partial charge in [-0.3, -0.25) is 0 Å². The van der Waals surface area contributed by atoms with Crippen LogP contribution < -0.4 is 5.32 Å². The molecule has 0 aliphatic carbocycles. The van der Waals surface area contributed by atoms with Crippen molar-refractivity contribution >= 4 is 11.8 Å². The zero-order valence-corrected chi connectivity index (χ0v) is 19.9. The summed E-state index contributed by atoms with van der Waals surface area (Å²) in [5.74, 6) is 0. The summed E-state index contributed by atoms with van der Waals surface area (Å²) in [6.07, 6.45) is 0.535. The van der Waals surface area contributed by atoms with E-state index in [9.17, 15) is 4.79 Å². The number of benzene rings is 4. The Kier molecular flexibility index (Phi) is 6.53. The zero-order valence-electron chi connectivity index (χ0n) is 19.9. The molecule has 4 nitrogen and oxygen atoms in total. The molecule has 4 heteroatoms. The number of cyclic esters (lactones) is 1. The van der Waals surface area contributed by atoms with E-state index in [0.29, 0.717) is 13.1 Å². The molecule has 0 spiro atoms. The lowest BCUT2D eigenvalue weighted by Gasteiger charge is -2.38. The van der Waals surface area contributed by atoms with E-state index in [4.69, 9.17) is 4.74 Å². The molecule has 1 unspecified atom stereocenters. The number of carbonyl (C=O) groups is 1. The molecule has 176 valence electrons. The molecule has 1 aliphatic rings. The maximum absolute atomic E-state index is 12.5. The van der Waals surface area contributed by atoms with Gasteiger partial charge in [0.05, 0.1) is 13.1 Å². The Hall–Kier alpha value is -4.05. The molecule has 0 saturated carbocycles. The molecule has 1 fully saturated rings. The van der Waals surface area contributed by atoms with Gasteiger partial charge in [0.2, 0.25) is 0 Å². The Morgan fingerprint density at radius 3 is 1.74 bits per heavy atom. The predicted octanol–water partition coefficient (Wildman–Crippen LogP) is 6.82. The average molecular weight is 463 g/mol. The van der Waals surface area contributed by atoms with E-state index in [1.54, 1.807) is 4.90 Å². The van der Waals surface area contributed by atoms with E-state index in [0.717, 1.165) is 34.4 Å². The summed E-state index contributed by atoms with van der Waals surface area (Å²) in [6, 6.07) is 39.8. The smallest absolute Gasteiger partial charge is 0.410 e. The Morgan fingerprint density at radius 1 is 0.771 bits per heavy atom. The molecule has 0 bridgehead atoms. The third-order valence-corrected chi connectivity index (χ3v) is 6.73. The van der Waals surface area contributed by atoms with Crippen LogP contribution in [-0.4, -0.2) is 23.6 Å². The number of rotatable bonds is 8. The van der Waals surface area contributed by atoms with Gasteiger partial charge < -0.3 is 15.0 Å². The van der Waals surface area contributed by atoms with Gasteiger partial charge in [0.1, 0.15) is 11.6 Å². The van der Waals surface area contributed by atoms with Gasteiger partial charge in [-0.15, -0.1) is 0 Å². The molecule has 1 saturated heterocycles. The van der Waals surface area contributed by atoms with Crippen molar-refractivity contribution in [1.29, 1.82) is 0 Å². The molecule has 1 aliphatic heterocycles. The molecule has 0 radical (unpaired) electrons. The highest BCUT2D eigenvalue weighted by atomic mass is 16.6. The number of anilines is 1. The minimum absolute atomic E-state index is 0.0420. The van der Waals surface area contributed by atoms with Crippen molar-refractivity contribution in [2.45, 2.75) is 31.5 Å². The second kappa shape index (κ2) is 10.1. The Labute approximate surface area is 207 Å². The second-order valence-corrected chi connectivity index (χ2v) is 8.92. The lowest BCUT2D eigenvalue weighted by molar-refractivity contribution is 0.130. The molecular weight excluding hydrogens is 432 g/mol. The van der Waals surface area contributed by atoms with Gasteiger partial charge in [-0.05, 0) is 34.7 Å². The predicted molar refractivity (Wildman–Crippen MR) is 140 cm³/mol. The SMILES string of the molecule is CCC1CN(Cc2ccccc2NC(c2ccccc2)(c2ccccc2)c2ccccc2)C(=O)O1. The van der Waals surface area contributed by atoms with Gasteiger partial charge in [0.25, 0.3) is 0 Å². The molecule has 1 amide bonds. The molecule has 1 heterocycles. The van der Waals surface area contributed by atoms with Gasteiger partial charge in [-0.2, -0.15) is 0 Å². The lowest BCUT2D eigenvalue weighted by atomic mass is 9.76. The molecular formula is C31H30N2O2. The van der Waals surface area contributed by atoms with Crippen LogP contribution in [0.2, 0.25) is 0 Å². The third kappa shape index (κ3) is 4.52. The van der Waals surface area contributed by atoms with Crippen LogP contribution in [0.4, 0.5) is 10.5 Å². The van der Waals surface area contributed by atoms with Crippen molar-refractivity contribution in [2.75, 3.05) is 11.9 Å². The fraction of sp³-hybridized carbons (Fsp3) is 0.194. The van der Waals surface area contributed by atoms with Crippen LogP contribution in [-0.2, 0) is 16.8 Å². The third-order valence-electron chi connectivity index (χ3n) is 6.73. The highest BCUT2D eigenvalue weighted by Crippen LogP contribution is 2.40. The van der Waals surface area contributed by atoms with Gasteiger partial charge in [-0.1, -0.05) is 116 Å². The Morgan fingerprint density at radius 2 is 1.26 bits per heavy atom. The maximum atomic E-state index is 12.5. The normalized spacial score (nSPS) is 15.6. The number of para-hydroxylation sites is 1. The standard InChI is InChI=1S/C31H30N2O2/c1-2-28-23-33(30(34)35-28)22-24-14-12-13-21-29(24)32-31(25-15-6-3-7-16-25,26-17-8-4-9-18-26)27-19-10-5-11-20-27/h3-21,28,32H,2,22-23H2,1H3. The number of hydrogen-bond acceptors (Lipinski definition) is 3. The van der Waals surface area contributed by atoms with E-state index in [2.05, 4.69) is 90.2 Å². The summed E-state index contributed by atoms with van der Waals surface area (Å²) >= 11 is 0. The summed E-state index contributed by atoms with van der Waals surface area (Å²) < 4.78 is 5.51. The quantitative estimate of drug-likeness (QED) is 0.292. The summed E-state index contributed by atoms with van der Waals surface area (Å²) in [6.45, 7) is 3.16. The largest absolute Gasteiger partial charge is 0.444 e. The Bertz CT molecular complexity index is 1160. The first-order chi connectivity index (χ1) is 17.2. The van der Waals surface area contributed by atoms with E-state index < -0.39 is 5.54 Å². The van der Waals surface area contributed by atoms with Crippen LogP contribution in [0.3, 0.4) is 0 Å². The fourth-order valence-electron chi connectivity index (χ4n) is 4.88. The number of amides is 1. The van der Waals surface area contributed by atoms with Gasteiger partial charge in [0, 0.05) is 5.69 Å². The lowest BCUT2D eigenvalue weighted by Crippen LogP contribution is -2.38. The van der Waals surface area contributed by atoms with Crippen molar-refractivity contribution in [3.8, 4) is 0 Å². The first-order valence-electron chi connectivity index (χ1n) is 12.2. The van der Waals surface area contributed by atoms with Crippen molar-refractivity contribution in [2.24, 2.45) is 0 Å². The summed E-state index contributed by atoms with van der Waals surface area (Å²) in [7, 11) is 0. The summed E-state index contributed by atoms with van der Waals surface area (Å²) in [5.41, 5.74) is 4.82. The van der Waals surface area contributed by atoms with Crippen molar-refractivity contribution in [1.82, 2.24) is 4.90 Å². The van der Waals surface area contributed by atoms with Crippen LogP contribution in [0, 0.1) is 0 Å². The highest BCUT2D eigenvalue weighted by molar-refractivity contribution is 5.71. The molecule has 1 N–H and O–H groups in total. The maximum Gasteiger partial charge on any atom is 0.410 e. The highest BCUT2D eigenvalue weighted by Gasteiger charge is 2.37. The van der Waals surface area contributed by atoms with Crippen LogP contribution in [0.15, 0.2) is 115 Å². The number of hydrogen-bond donors (Lipinski definition) is 1. The Balaban J connectivity index is 1.63. The topological polar surface area (TPSA) is 41.6 Å². The van der Waals surface area contributed by atoms with Gasteiger partial charge >= 0.3 is 6.09 Å². The first kappa shape index (κ1) is 22.7. The van der Waals surface area contributed by atoms with Gasteiger partial charge in [-0.25, -0.2) is 4.79 Å². The second-order valence-electron chi connectivity index (χ2n) is 8.92. The number of nitrogens with one attached hydrogen (secondary N) is 1. The van der Waals surface area contributed by atoms with Crippen LogP contribution in [0.5, 0.6) is 0 Å². The minimum Gasteiger partial charge on any atom is -0.444 e. The zero-order chi connectivity index (χ0) is 24.1. The molecule has 1 atom stereocenters. The molecule has 4 aromatic rings. The van der Waals surface area contributed by atoms with E-state index >= 15 is 0 Å². The van der Waals surface area contributed by atoms with Crippen molar-refractivity contribution in [3.05, 3.63) is 138 Å². The number of ether oxygens (including phenoxy) is 1. The summed E-state index contributed by atoms with van der Waals surface area (Å²) in [5, 5.41) is 3.95. The van der Waals surface area contributed by atoms with E-state index in [1.165, 1.54) is 0 Å². The first-order valence-corrected chi connectivity index (χ1v) is 12.2. The minimum atomic E-state index is -0.628. The van der Waals surface area contributed by atoms with Crippen molar-refractivity contribution < 1.29 is 9.53 Å². The molecule has 0 aromatic heterocycles.